The summed E-state index contributed by atoms with van der Waals surface area (Å²) in [5.41, 5.74) is 1.54. The topological polar surface area (TPSA) is 92.0 Å². The number of hydrogen-bond donors (Lipinski definition) is 0. The van der Waals surface area contributed by atoms with Crippen LogP contribution in [0.3, 0.4) is 0 Å². The van der Waals surface area contributed by atoms with Crippen molar-refractivity contribution in [2.75, 3.05) is 0 Å². The normalized spacial score (nSPS) is 30.9. The van der Waals surface area contributed by atoms with E-state index in [4.69, 9.17) is 18.6 Å². The maximum Gasteiger partial charge on any atom is 0.334 e. The molecule has 3 aliphatic rings. The van der Waals surface area contributed by atoms with Crippen LogP contribution in [-0.4, -0.2) is 36.2 Å². The van der Waals surface area contributed by atoms with E-state index < -0.39 is 36.0 Å². The van der Waals surface area contributed by atoms with Crippen molar-refractivity contribution in [3.8, 4) is 0 Å². The van der Waals surface area contributed by atoms with Crippen molar-refractivity contribution >= 4 is 24.0 Å². The van der Waals surface area contributed by atoms with Crippen LogP contribution in [0.5, 0.6) is 0 Å². The van der Waals surface area contributed by atoms with E-state index in [2.05, 4.69) is 6.58 Å². The summed E-state index contributed by atoms with van der Waals surface area (Å²) in [6, 6.07) is 3.42. The number of furan rings is 1. The van der Waals surface area contributed by atoms with Crippen LogP contribution in [0.4, 0.5) is 0 Å². The van der Waals surface area contributed by atoms with Gasteiger partial charge in [0.2, 0.25) is 0 Å². The third-order valence-corrected chi connectivity index (χ3v) is 5.16. The summed E-state index contributed by atoms with van der Waals surface area (Å²) >= 11 is 0. The second-order valence-electron chi connectivity index (χ2n) is 7.30. The highest BCUT2D eigenvalue weighted by atomic mass is 16.6. The number of carbonyl (C=O) groups is 3. The molecule has 1 aromatic heterocycles. The quantitative estimate of drug-likeness (QED) is 0.336. The number of fused-ring (bicyclic) bond motifs is 2. The molecule has 3 heterocycles. The summed E-state index contributed by atoms with van der Waals surface area (Å²) in [7, 11) is 0. The van der Waals surface area contributed by atoms with Gasteiger partial charge in [-0.05, 0) is 37.3 Å². The molecule has 1 aliphatic carbocycles. The van der Waals surface area contributed by atoms with Crippen LogP contribution in [0, 0.1) is 5.92 Å². The van der Waals surface area contributed by atoms with E-state index in [0.717, 1.165) is 5.57 Å². The minimum atomic E-state index is -0.763. The molecule has 1 saturated heterocycles. The highest BCUT2D eigenvalue weighted by Crippen LogP contribution is 2.38. The van der Waals surface area contributed by atoms with Crippen LogP contribution in [0.15, 0.2) is 64.3 Å². The fraction of sp³-hybridized carbons (Fsp3) is 0.318. The van der Waals surface area contributed by atoms with Crippen molar-refractivity contribution in [3.05, 3.63) is 65.7 Å². The third kappa shape index (κ3) is 3.94. The number of ether oxygens (including phenoxy) is 3. The molecule has 2 aliphatic heterocycles. The Labute approximate surface area is 167 Å². The van der Waals surface area contributed by atoms with Gasteiger partial charge in [-0.25, -0.2) is 14.4 Å². The first kappa shape index (κ1) is 19.0. The van der Waals surface area contributed by atoms with Crippen molar-refractivity contribution in [1.82, 2.24) is 0 Å². The summed E-state index contributed by atoms with van der Waals surface area (Å²) in [6.07, 6.45) is 6.66. The molecule has 29 heavy (non-hydrogen) atoms. The van der Waals surface area contributed by atoms with Crippen LogP contribution in [0.25, 0.3) is 6.08 Å². The van der Waals surface area contributed by atoms with Crippen LogP contribution in [0.1, 0.15) is 25.5 Å². The van der Waals surface area contributed by atoms with Gasteiger partial charge in [0, 0.05) is 30.1 Å². The molecular formula is C22H20O7. The molecule has 7 nitrogen and oxygen atoms in total. The average Bonchev–Trinajstić information content (AvgIpc) is 3.35. The molecule has 0 aromatic carbocycles. The van der Waals surface area contributed by atoms with E-state index >= 15 is 0 Å². The molecule has 0 amide bonds. The monoisotopic (exact) mass is 396 g/mol. The zero-order valence-corrected chi connectivity index (χ0v) is 15.8. The Morgan fingerprint density at radius 3 is 2.79 bits per heavy atom. The van der Waals surface area contributed by atoms with Gasteiger partial charge >= 0.3 is 17.9 Å². The number of carbonyl (C=O) groups excluding carboxylic acids is 3. The summed E-state index contributed by atoms with van der Waals surface area (Å²) < 4.78 is 21.6. The molecule has 0 saturated carbocycles. The van der Waals surface area contributed by atoms with Gasteiger partial charge in [-0.3, -0.25) is 0 Å². The molecule has 0 N–H and O–H groups in total. The first-order valence-electron chi connectivity index (χ1n) is 9.31. The predicted octanol–water partition coefficient (Wildman–Crippen LogP) is 2.89. The van der Waals surface area contributed by atoms with Gasteiger partial charge in [-0.15, -0.1) is 0 Å². The lowest BCUT2D eigenvalue weighted by atomic mass is 9.85. The second-order valence-corrected chi connectivity index (χ2v) is 7.30. The van der Waals surface area contributed by atoms with E-state index in [-0.39, 0.29) is 18.1 Å². The zero-order chi connectivity index (χ0) is 20.5. The van der Waals surface area contributed by atoms with Crippen LogP contribution >= 0.6 is 0 Å². The lowest BCUT2D eigenvalue weighted by Gasteiger charge is -2.25. The summed E-state index contributed by atoms with van der Waals surface area (Å²) in [4.78, 5) is 36.7. The van der Waals surface area contributed by atoms with Gasteiger partial charge in [-0.2, -0.15) is 0 Å². The fourth-order valence-electron chi connectivity index (χ4n) is 3.82. The largest absolute Gasteiger partial charge is 0.465 e. The summed E-state index contributed by atoms with van der Waals surface area (Å²) in [5.74, 6) is -1.63. The van der Waals surface area contributed by atoms with Crippen LogP contribution in [0.2, 0.25) is 0 Å². The summed E-state index contributed by atoms with van der Waals surface area (Å²) in [5, 5.41) is 0. The van der Waals surface area contributed by atoms with Crippen LogP contribution in [-0.2, 0) is 28.6 Å². The molecule has 4 rings (SSSR count). The van der Waals surface area contributed by atoms with Gasteiger partial charge in [0.1, 0.15) is 24.1 Å². The minimum absolute atomic E-state index is 0.188. The Morgan fingerprint density at radius 2 is 2.03 bits per heavy atom. The van der Waals surface area contributed by atoms with Gasteiger partial charge in [0.25, 0.3) is 0 Å². The van der Waals surface area contributed by atoms with Gasteiger partial charge in [-0.1, -0.05) is 12.2 Å². The molecule has 1 aromatic rings. The lowest BCUT2D eigenvalue weighted by molar-refractivity contribution is -0.145. The molecule has 0 radical (unpaired) electrons. The smallest absolute Gasteiger partial charge is 0.334 e. The van der Waals surface area contributed by atoms with Gasteiger partial charge in [0.05, 0.1) is 12.2 Å². The minimum Gasteiger partial charge on any atom is -0.465 e. The SMILES string of the molecule is C=C1C(=O)O[C@H]2CC3=C[C@@H](C/C(C)=C/[C@@H](OC(=O)/C=C/c4ccco4)[C@H]12)OC3=O. The first-order valence-corrected chi connectivity index (χ1v) is 9.31. The lowest BCUT2D eigenvalue weighted by Crippen LogP contribution is -2.32. The fourth-order valence-corrected chi connectivity index (χ4v) is 3.82. The van der Waals surface area contributed by atoms with Gasteiger partial charge in [0.15, 0.2) is 0 Å². The maximum absolute atomic E-state index is 12.4. The molecule has 0 unspecified atom stereocenters. The Bertz CT molecular complexity index is 948. The van der Waals surface area contributed by atoms with Gasteiger partial charge < -0.3 is 18.6 Å². The molecule has 2 bridgehead atoms. The maximum atomic E-state index is 12.4. The molecule has 4 atom stereocenters. The van der Waals surface area contributed by atoms with Crippen molar-refractivity contribution in [2.45, 2.75) is 38.1 Å². The Balaban J connectivity index is 1.61. The average molecular weight is 396 g/mol. The predicted molar refractivity (Wildman–Crippen MR) is 101 cm³/mol. The molecule has 150 valence electrons. The zero-order valence-electron chi connectivity index (χ0n) is 15.8. The second kappa shape index (κ2) is 7.58. The van der Waals surface area contributed by atoms with E-state index in [9.17, 15) is 14.4 Å². The first-order chi connectivity index (χ1) is 13.9. The number of esters is 3. The molecule has 1 fully saturated rings. The van der Waals surface area contributed by atoms with E-state index in [1.165, 1.54) is 18.4 Å². The number of hydrogen-bond acceptors (Lipinski definition) is 7. The number of rotatable bonds is 3. The molecular weight excluding hydrogens is 376 g/mol. The molecule has 7 heteroatoms. The van der Waals surface area contributed by atoms with Crippen molar-refractivity contribution in [2.24, 2.45) is 5.92 Å². The van der Waals surface area contributed by atoms with E-state index in [1.807, 2.05) is 6.92 Å². The van der Waals surface area contributed by atoms with E-state index in [1.54, 1.807) is 24.3 Å². The van der Waals surface area contributed by atoms with Crippen molar-refractivity contribution in [1.29, 1.82) is 0 Å². The molecule has 0 spiro atoms. The summed E-state index contributed by atoms with van der Waals surface area (Å²) in [6.45, 7) is 5.69. The Hall–Kier alpha value is -3.35. The van der Waals surface area contributed by atoms with Crippen molar-refractivity contribution < 1.29 is 33.0 Å². The Kier molecular flexibility index (Phi) is 4.96. The van der Waals surface area contributed by atoms with E-state index in [0.29, 0.717) is 17.8 Å². The van der Waals surface area contributed by atoms with Crippen molar-refractivity contribution in [3.63, 3.8) is 0 Å². The van der Waals surface area contributed by atoms with Crippen LogP contribution < -0.4 is 0 Å². The highest BCUT2D eigenvalue weighted by Gasteiger charge is 2.46. The standard InChI is InChI=1S/C22H20O7/c1-12-8-16-10-14(22(25)27-16)11-18-20(13(2)21(24)29-18)17(9-12)28-19(23)6-5-15-4-3-7-26-15/h3-7,9-10,16-18,20H,2,8,11H2,1H3/b6-5+,12-9+/t16-,17-,18+,20+/m1/s1. The third-order valence-electron chi connectivity index (χ3n) is 5.16. The highest BCUT2D eigenvalue weighted by molar-refractivity contribution is 5.93. The Morgan fingerprint density at radius 1 is 1.21 bits per heavy atom.